The highest BCUT2D eigenvalue weighted by Gasteiger charge is 2.41. The van der Waals surface area contributed by atoms with Crippen LogP contribution >= 0.6 is 0 Å². The average molecular weight is 400 g/mol. The Morgan fingerprint density at radius 2 is 1.86 bits per heavy atom. The molecule has 0 radical (unpaired) electrons. The van der Waals surface area contributed by atoms with E-state index in [4.69, 9.17) is 14.2 Å². The van der Waals surface area contributed by atoms with Gasteiger partial charge in [0, 0.05) is 13.1 Å². The van der Waals surface area contributed by atoms with Gasteiger partial charge in [0.15, 0.2) is 11.5 Å². The number of ether oxygens (including phenoxy) is 3. The first kappa shape index (κ1) is 21.0. The SMILES string of the molecule is CNC(=O)/C(C#N)=C/C1CCC2NNC(c3cc(OC)c(OC)c(OC)c3)C2C1. The molecule has 3 rings (SSSR count). The van der Waals surface area contributed by atoms with Crippen molar-refractivity contribution in [3.63, 3.8) is 0 Å². The van der Waals surface area contributed by atoms with Crippen LogP contribution in [-0.2, 0) is 4.79 Å². The summed E-state index contributed by atoms with van der Waals surface area (Å²) >= 11 is 0. The summed E-state index contributed by atoms with van der Waals surface area (Å²) in [6.07, 6.45) is 4.58. The fraction of sp³-hybridized carbons (Fsp3) is 0.524. The van der Waals surface area contributed by atoms with Crippen LogP contribution in [0.15, 0.2) is 23.8 Å². The second kappa shape index (κ2) is 9.16. The van der Waals surface area contributed by atoms with E-state index in [1.54, 1.807) is 21.3 Å². The third-order valence-electron chi connectivity index (χ3n) is 5.83. The molecular weight excluding hydrogens is 372 g/mol. The zero-order valence-corrected chi connectivity index (χ0v) is 17.2. The molecular formula is C21H28N4O4. The molecule has 0 spiro atoms. The van der Waals surface area contributed by atoms with Crippen LogP contribution in [-0.4, -0.2) is 40.3 Å². The molecule has 1 amide bonds. The van der Waals surface area contributed by atoms with Crippen molar-refractivity contribution < 1.29 is 19.0 Å². The summed E-state index contributed by atoms with van der Waals surface area (Å²) in [7, 11) is 6.33. The van der Waals surface area contributed by atoms with Gasteiger partial charge in [-0.3, -0.25) is 10.2 Å². The lowest BCUT2D eigenvalue weighted by Crippen LogP contribution is -2.35. The van der Waals surface area contributed by atoms with Crippen molar-refractivity contribution in [2.75, 3.05) is 28.4 Å². The van der Waals surface area contributed by atoms with E-state index < -0.39 is 0 Å². The standard InChI is InChI=1S/C21H28N4O4/c1-23-21(26)14(11-22)7-12-5-6-16-15(8-12)19(25-24-16)13-9-17(27-2)20(29-4)18(10-13)28-3/h7,9-10,12,15-16,19,24-25H,5-6,8H2,1-4H3,(H,23,26)/b14-7+. The van der Waals surface area contributed by atoms with E-state index >= 15 is 0 Å². The number of amides is 1. The van der Waals surface area contributed by atoms with Gasteiger partial charge in [-0.1, -0.05) is 6.08 Å². The summed E-state index contributed by atoms with van der Waals surface area (Å²) in [4.78, 5) is 11.9. The van der Waals surface area contributed by atoms with E-state index in [1.807, 2.05) is 24.3 Å². The molecule has 4 atom stereocenters. The van der Waals surface area contributed by atoms with Gasteiger partial charge in [0.2, 0.25) is 5.75 Å². The first-order valence-electron chi connectivity index (χ1n) is 9.71. The smallest absolute Gasteiger partial charge is 0.261 e. The lowest BCUT2D eigenvalue weighted by atomic mass is 9.74. The van der Waals surface area contributed by atoms with Crippen LogP contribution in [0.4, 0.5) is 0 Å². The quantitative estimate of drug-likeness (QED) is 0.494. The Kier molecular flexibility index (Phi) is 6.62. The van der Waals surface area contributed by atoms with Gasteiger partial charge in [-0.15, -0.1) is 0 Å². The number of carbonyl (C=O) groups excluding carboxylic acids is 1. The molecule has 0 bridgehead atoms. The Balaban J connectivity index is 1.87. The van der Waals surface area contributed by atoms with Crippen LogP contribution in [0.3, 0.4) is 0 Å². The molecule has 156 valence electrons. The number of nitriles is 1. The number of methoxy groups -OCH3 is 3. The fourth-order valence-electron chi connectivity index (χ4n) is 4.39. The highest BCUT2D eigenvalue weighted by molar-refractivity contribution is 5.97. The minimum absolute atomic E-state index is 0.0513. The molecule has 8 heteroatoms. The summed E-state index contributed by atoms with van der Waals surface area (Å²) in [5.41, 5.74) is 8.03. The minimum atomic E-state index is -0.335. The van der Waals surface area contributed by atoms with Crippen molar-refractivity contribution in [2.45, 2.75) is 31.3 Å². The van der Waals surface area contributed by atoms with E-state index in [2.05, 4.69) is 16.2 Å². The lowest BCUT2D eigenvalue weighted by molar-refractivity contribution is -0.116. The number of nitrogens with zero attached hydrogens (tertiary/aromatic N) is 1. The Morgan fingerprint density at radius 1 is 1.17 bits per heavy atom. The molecule has 3 N–H and O–H groups in total. The molecule has 1 saturated heterocycles. The summed E-state index contributed by atoms with van der Waals surface area (Å²) in [6.45, 7) is 0. The maximum absolute atomic E-state index is 11.9. The largest absolute Gasteiger partial charge is 0.493 e. The highest BCUT2D eigenvalue weighted by Crippen LogP contribution is 2.45. The number of carbonyl (C=O) groups is 1. The van der Waals surface area contributed by atoms with E-state index in [-0.39, 0.29) is 23.4 Å². The van der Waals surface area contributed by atoms with Crippen molar-refractivity contribution in [3.8, 4) is 23.3 Å². The molecule has 1 saturated carbocycles. The molecule has 4 unspecified atom stereocenters. The Hall–Kier alpha value is -2.76. The minimum Gasteiger partial charge on any atom is -0.493 e. The number of allylic oxidation sites excluding steroid dienone is 1. The molecule has 2 aliphatic rings. The first-order chi connectivity index (χ1) is 14.1. The topological polar surface area (TPSA) is 105 Å². The van der Waals surface area contributed by atoms with Gasteiger partial charge in [0.25, 0.3) is 5.91 Å². The van der Waals surface area contributed by atoms with Gasteiger partial charge < -0.3 is 19.5 Å². The molecule has 29 heavy (non-hydrogen) atoms. The average Bonchev–Trinajstić information content (AvgIpc) is 3.18. The number of hydrogen-bond donors (Lipinski definition) is 3. The fourth-order valence-corrected chi connectivity index (χ4v) is 4.39. The van der Waals surface area contributed by atoms with Gasteiger partial charge in [-0.2, -0.15) is 5.26 Å². The number of fused-ring (bicyclic) bond motifs is 1. The lowest BCUT2D eigenvalue weighted by Gasteiger charge is -2.32. The molecule has 1 heterocycles. The summed E-state index contributed by atoms with van der Waals surface area (Å²) < 4.78 is 16.4. The van der Waals surface area contributed by atoms with Crippen LogP contribution in [0, 0.1) is 23.2 Å². The van der Waals surface area contributed by atoms with E-state index in [0.717, 1.165) is 24.8 Å². The number of hydrogen-bond acceptors (Lipinski definition) is 7. The maximum Gasteiger partial charge on any atom is 0.261 e. The van der Waals surface area contributed by atoms with E-state index in [1.165, 1.54) is 7.05 Å². The Morgan fingerprint density at radius 3 is 2.41 bits per heavy atom. The third-order valence-corrected chi connectivity index (χ3v) is 5.83. The molecule has 1 aromatic rings. The zero-order chi connectivity index (χ0) is 21.0. The van der Waals surface area contributed by atoms with Crippen molar-refractivity contribution >= 4 is 5.91 Å². The molecule has 1 aliphatic carbocycles. The second-order valence-corrected chi connectivity index (χ2v) is 7.34. The third kappa shape index (κ3) is 4.16. The molecule has 1 aromatic carbocycles. The van der Waals surface area contributed by atoms with Crippen molar-refractivity contribution in [2.24, 2.45) is 11.8 Å². The van der Waals surface area contributed by atoms with Crippen molar-refractivity contribution in [1.29, 1.82) is 5.26 Å². The predicted molar refractivity (Wildman–Crippen MR) is 107 cm³/mol. The van der Waals surface area contributed by atoms with E-state index in [0.29, 0.717) is 29.2 Å². The summed E-state index contributed by atoms with van der Waals surface area (Å²) in [6, 6.07) is 6.33. The first-order valence-corrected chi connectivity index (χ1v) is 9.71. The monoisotopic (exact) mass is 400 g/mol. The van der Waals surface area contributed by atoms with Gasteiger partial charge >= 0.3 is 0 Å². The summed E-state index contributed by atoms with van der Waals surface area (Å²) in [5, 5.41) is 11.8. The predicted octanol–water partition coefficient (Wildman–Crippen LogP) is 1.84. The zero-order valence-electron chi connectivity index (χ0n) is 17.2. The van der Waals surface area contributed by atoms with Crippen LogP contribution in [0.5, 0.6) is 17.2 Å². The van der Waals surface area contributed by atoms with E-state index in [9.17, 15) is 10.1 Å². The van der Waals surface area contributed by atoms with Gasteiger partial charge in [0.05, 0.1) is 27.4 Å². The molecule has 0 aromatic heterocycles. The van der Waals surface area contributed by atoms with Crippen LogP contribution in [0.25, 0.3) is 0 Å². The molecule has 2 fully saturated rings. The normalized spacial score (nSPS) is 26.2. The number of rotatable bonds is 6. The maximum atomic E-state index is 11.9. The number of hydrazine groups is 1. The van der Waals surface area contributed by atoms with Crippen LogP contribution in [0.2, 0.25) is 0 Å². The number of nitrogens with one attached hydrogen (secondary N) is 3. The van der Waals surface area contributed by atoms with Crippen molar-refractivity contribution in [3.05, 3.63) is 29.3 Å². The van der Waals surface area contributed by atoms with Gasteiger partial charge in [-0.05, 0) is 48.8 Å². The second-order valence-electron chi connectivity index (χ2n) is 7.34. The van der Waals surface area contributed by atoms with Gasteiger partial charge in [0.1, 0.15) is 11.6 Å². The molecule has 8 nitrogen and oxygen atoms in total. The number of benzene rings is 1. The number of likely N-dealkylation sites (N-methyl/N-ethyl adjacent to an activating group) is 1. The van der Waals surface area contributed by atoms with Crippen molar-refractivity contribution in [1.82, 2.24) is 16.2 Å². The Bertz CT molecular complexity index is 807. The highest BCUT2D eigenvalue weighted by atomic mass is 16.5. The van der Waals surface area contributed by atoms with Gasteiger partial charge in [-0.25, -0.2) is 5.43 Å². The van der Waals surface area contributed by atoms with Crippen LogP contribution in [0.1, 0.15) is 30.9 Å². The Labute approximate surface area is 171 Å². The van der Waals surface area contributed by atoms with Crippen LogP contribution < -0.4 is 30.4 Å². The molecule has 1 aliphatic heterocycles. The summed E-state index contributed by atoms with van der Waals surface area (Å²) in [5.74, 6) is 1.94.